The summed E-state index contributed by atoms with van der Waals surface area (Å²) in [4.78, 5) is 27.0. The van der Waals surface area contributed by atoms with Gasteiger partial charge in [-0.3, -0.25) is 13.9 Å². The fourth-order valence-corrected chi connectivity index (χ4v) is 3.99. The van der Waals surface area contributed by atoms with Crippen LogP contribution >= 0.6 is 0 Å². The lowest BCUT2D eigenvalue weighted by Gasteiger charge is -2.21. The molecule has 8 nitrogen and oxygen atoms in total. The minimum absolute atomic E-state index is 0.0224. The first-order chi connectivity index (χ1) is 17.1. The molecule has 0 bridgehead atoms. The van der Waals surface area contributed by atoms with Crippen LogP contribution in [-0.2, 0) is 6.18 Å². The number of halogens is 3. The van der Waals surface area contributed by atoms with Crippen LogP contribution in [0.4, 0.5) is 13.2 Å². The summed E-state index contributed by atoms with van der Waals surface area (Å²) in [5, 5.41) is 23.1. The first kappa shape index (κ1) is 24.7. The van der Waals surface area contributed by atoms with Gasteiger partial charge in [-0.2, -0.15) is 23.5 Å². The summed E-state index contributed by atoms with van der Waals surface area (Å²) in [6, 6.07) is 13.2. The SMILES string of the molecule is Cc1c(-c2ccnn2-c2ccc(C#N)cc2)c(=O)n([C@@H](C)CO)c(=O)n1-c1cccc(C(F)(F)F)c1. The number of aliphatic hydroxyl groups is 1. The predicted molar refractivity (Wildman–Crippen MR) is 125 cm³/mol. The van der Waals surface area contributed by atoms with Gasteiger partial charge in [-0.15, -0.1) is 0 Å². The average Bonchev–Trinajstić information content (AvgIpc) is 3.33. The van der Waals surface area contributed by atoms with Gasteiger partial charge in [0, 0.05) is 5.69 Å². The van der Waals surface area contributed by atoms with Crippen molar-refractivity contribution in [3.05, 3.63) is 98.5 Å². The topological polar surface area (TPSA) is 106 Å². The van der Waals surface area contributed by atoms with Crippen LogP contribution in [0.15, 0.2) is 70.4 Å². The Morgan fingerprint density at radius 2 is 1.78 bits per heavy atom. The molecule has 1 N–H and O–H groups in total. The Kier molecular flexibility index (Phi) is 6.39. The predicted octanol–water partition coefficient (Wildman–Crippen LogP) is 3.60. The van der Waals surface area contributed by atoms with Gasteiger partial charge < -0.3 is 5.11 Å². The summed E-state index contributed by atoms with van der Waals surface area (Å²) in [5.74, 6) is 0. The van der Waals surface area contributed by atoms with Crippen molar-refractivity contribution in [1.29, 1.82) is 5.26 Å². The second-order valence-electron chi connectivity index (χ2n) is 8.12. The fourth-order valence-electron chi connectivity index (χ4n) is 3.99. The van der Waals surface area contributed by atoms with Crippen molar-refractivity contribution in [1.82, 2.24) is 18.9 Å². The second-order valence-corrected chi connectivity index (χ2v) is 8.12. The zero-order valence-electron chi connectivity index (χ0n) is 19.2. The van der Waals surface area contributed by atoms with E-state index < -0.39 is 35.6 Å². The molecule has 0 aliphatic heterocycles. The molecule has 36 heavy (non-hydrogen) atoms. The molecule has 0 aliphatic rings. The first-order valence-corrected chi connectivity index (χ1v) is 10.8. The molecule has 2 heterocycles. The minimum Gasteiger partial charge on any atom is -0.394 e. The molecule has 2 aromatic carbocycles. The summed E-state index contributed by atoms with van der Waals surface area (Å²) < 4.78 is 43.5. The van der Waals surface area contributed by atoms with Gasteiger partial charge in [0.15, 0.2) is 0 Å². The highest BCUT2D eigenvalue weighted by molar-refractivity contribution is 5.64. The third-order valence-corrected chi connectivity index (χ3v) is 5.80. The van der Waals surface area contributed by atoms with E-state index in [9.17, 15) is 27.9 Å². The molecule has 11 heteroatoms. The van der Waals surface area contributed by atoms with E-state index in [1.54, 1.807) is 24.3 Å². The number of aromatic nitrogens is 4. The van der Waals surface area contributed by atoms with Crippen molar-refractivity contribution >= 4 is 0 Å². The lowest BCUT2D eigenvalue weighted by molar-refractivity contribution is -0.137. The average molecular weight is 495 g/mol. The highest BCUT2D eigenvalue weighted by Crippen LogP contribution is 2.31. The molecule has 0 unspecified atom stereocenters. The van der Waals surface area contributed by atoms with Crippen molar-refractivity contribution in [2.24, 2.45) is 0 Å². The molecule has 0 aliphatic carbocycles. The standard InChI is InChI=1S/C25H20F3N5O3/c1-15(14-34)31-23(35)22(21-10-11-30-33(21)19-8-6-17(13-29)7-9-19)16(2)32(24(31)36)20-5-3-4-18(12-20)25(26,27)28/h3-12,15,34H,14H2,1-2H3/t15-/m0/s1. The van der Waals surface area contributed by atoms with E-state index in [4.69, 9.17) is 5.26 Å². The maximum absolute atomic E-state index is 13.6. The van der Waals surface area contributed by atoms with Crippen LogP contribution in [0.5, 0.6) is 0 Å². The molecule has 4 aromatic rings. The number of hydrogen-bond acceptors (Lipinski definition) is 5. The van der Waals surface area contributed by atoms with Crippen LogP contribution in [0.3, 0.4) is 0 Å². The summed E-state index contributed by atoms with van der Waals surface area (Å²) in [5.41, 5.74) is -1.31. The van der Waals surface area contributed by atoms with Gasteiger partial charge in [0.2, 0.25) is 0 Å². The van der Waals surface area contributed by atoms with Crippen molar-refractivity contribution in [2.45, 2.75) is 26.1 Å². The highest BCUT2D eigenvalue weighted by Gasteiger charge is 2.31. The van der Waals surface area contributed by atoms with Gasteiger partial charge in [-0.1, -0.05) is 6.07 Å². The maximum atomic E-state index is 13.6. The third kappa shape index (κ3) is 4.23. The van der Waals surface area contributed by atoms with E-state index in [0.29, 0.717) is 11.3 Å². The van der Waals surface area contributed by atoms with Crippen molar-refractivity contribution in [2.75, 3.05) is 6.61 Å². The lowest BCUT2D eigenvalue weighted by atomic mass is 10.1. The number of nitrogens with zero attached hydrogens (tertiary/aromatic N) is 5. The van der Waals surface area contributed by atoms with Crippen molar-refractivity contribution in [3.63, 3.8) is 0 Å². The fraction of sp³-hybridized carbons (Fsp3) is 0.200. The number of aliphatic hydroxyl groups excluding tert-OH is 1. The summed E-state index contributed by atoms with van der Waals surface area (Å²) in [7, 11) is 0. The van der Waals surface area contributed by atoms with Crippen LogP contribution in [0.2, 0.25) is 0 Å². The summed E-state index contributed by atoms with van der Waals surface area (Å²) in [6.45, 7) is 2.37. The lowest BCUT2D eigenvalue weighted by Crippen LogP contribution is -2.44. The van der Waals surface area contributed by atoms with E-state index in [1.807, 2.05) is 6.07 Å². The molecule has 0 spiro atoms. The molecule has 0 fully saturated rings. The molecule has 0 saturated carbocycles. The van der Waals surface area contributed by atoms with E-state index in [2.05, 4.69) is 5.10 Å². The van der Waals surface area contributed by atoms with Crippen LogP contribution in [0.1, 0.15) is 29.8 Å². The number of benzene rings is 2. The molecule has 2 aromatic heterocycles. The van der Waals surface area contributed by atoms with Gasteiger partial charge in [0.1, 0.15) is 0 Å². The van der Waals surface area contributed by atoms with Crippen molar-refractivity contribution in [3.8, 4) is 28.7 Å². The van der Waals surface area contributed by atoms with Crippen LogP contribution < -0.4 is 11.2 Å². The molecule has 1 atom stereocenters. The molecule has 0 saturated heterocycles. The van der Waals surface area contributed by atoms with Crippen LogP contribution in [0, 0.1) is 18.3 Å². The van der Waals surface area contributed by atoms with Crippen LogP contribution in [0.25, 0.3) is 22.6 Å². The monoisotopic (exact) mass is 495 g/mol. The highest BCUT2D eigenvalue weighted by atomic mass is 19.4. The largest absolute Gasteiger partial charge is 0.416 e. The Morgan fingerprint density at radius 3 is 2.39 bits per heavy atom. The Labute approximate surface area is 202 Å². The molecule has 4 rings (SSSR count). The smallest absolute Gasteiger partial charge is 0.394 e. The Bertz CT molecular complexity index is 1590. The molecule has 0 amide bonds. The van der Waals surface area contributed by atoms with Gasteiger partial charge in [0.25, 0.3) is 5.56 Å². The zero-order chi connectivity index (χ0) is 26.2. The summed E-state index contributed by atoms with van der Waals surface area (Å²) >= 11 is 0. The number of nitriles is 1. The Morgan fingerprint density at radius 1 is 1.08 bits per heavy atom. The number of hydrogen-bond donors (Lipinski definition) is 1. The first-order valence-electron chi connectivity index (χ1n) is 10.8. The molecular weight excluding hydrogens is 475 g/mol. The van der Waals surface area contributed by atoms with Gasteiger partial charge >= 0.3 is 11.9 Å². The quantitative estimate of drug-likeness (QED) is 0.456. The Hall–Kier alpha value is -4.43. The minimum atomic E-state index is -4.64. The van der Waals surface area contributed by atoms with Gasteiger partial charge in [-0.25, -0.2) is 9.48 Å². The van der Waals surface area contributed by atoms with Crippen molar-refractivity contribution < 1.29 is 18.3 Å². The van der Waals surface area contributed by atoms with E-state index >= 15 is 0 Å². The molecular formula is C25H20F3N5O3. The summed E-state index contributed by atoms with van der Waals surface area (Å²) in [6.07, 6.45) is -3.21. The van der Waals surface area contributed by atoms with E-state index in [-0.39, 0.29) is 22.6 Å². The maximum Gasteiger partial charge on any atom is 0.416 e. The van der Waals surface area contributed by atoms with Crippen LogP contribution in [-0.4, -0.2) is 30.6 Å². The van der Waals surface area contributed by atoms with Gasteiger partial charge in [-0.05, 0) is 62.4 Å². The second kappa shape index (κ2) is 9.31. The Balaban J connectivity index is 2.05. The normalized spacial score (nSPS) is 12.4. The zero-order valence-corrected chi connectivity index (χ0v) is 19.2. The molecule has 184 valence electrons. The third-order valence-electron chi connectivity index (χ3n) is 5.80. The van der Waals surface area contributed by atoms with Gasteiger partial charge in [0.05, 0.1) is 58.7 Å². The number of rotatable bonds is 5. The number of alkyl halides is 3. The van der Waals surface area contributed by atoms with E-state index in [0.717, 1.165) is 21.3 Å². The van der Waals surface area contributed by atoms with E-state index in [1.165, 1.54) is 42.9 Å². The molecule has 0 radical (unpaired) electrons.